The summed E-state index contributed by atoms with van der Waals surface area (Å²) >= 11 is 0. The summed E-state index contributed by atoms with van der Waals surface area (Å²) in [6.45, 7) is 9.63. The molecule has 12 nitrogen and oxygen atoms in total. The van der Waals surface area contributed by atoms with Crippen molar-refractivity contribution in [3.63, 3.8) is 0 Å². The Morgan fingerprint density at radius 1 is 0.860 bits per heavy atom. The highest BCUT2D eigenvalue weighted by Crippen LogP contribution is 2.41. The predicted molar refractivity (Wildman–Crippen MR) is 206 cm³/mol. The molecule has 4 fully saturated rings. The average Bonchev–Trinajstić information content (AvgIpc) is 3.99. The van der Waals surface area contributed by atoms with Crippen molar-refractivity contribution in [3.8, 4) is 0 Å². The van der Waals surface area contributed by atoms with Gasteiger partial charge in [-0.1, -0.05) is 19.9 Å². The van der Waals surface area contributed by atoms with Crippen molar-refractivity contribution >= 4 is 35.1 Å². The Kier molecular flexibility index (Phi) is 11.3. The van der Waals surface area contributed by atoms with Crippen LogP contribution in [-0.4, -0.2) is 79.4 Å². The largest absolute Gasteiger partial charge is 0.416 e. The number of halogens is 5. The third kappa shape index (κ3) is 9.92. The van der Waals surface area contributed by atoms with Crippen LogP contribution in [0.1, 0.15) is 105 Å². The first-order chi connectivity index (χ1) is 27.1. The molecule has 4 aromatic rings. The maximum absolute atomic E-state index is 13.4. The van der Waals surface area contributed by atoms with Gasteiger partial charge < -0.3 is 25.8 Å². The first kappa shape index (κ1) is 39.7. The molecule has 1 atom stereocenters. The van der Waals surface area contributed by atoms with Crippen molar-refractivity contribution in [1.29, 1.82) is 0 Å². The van der Waals surface area contributed by atoms with Crippen molar-refractivity contribution in [2.24, 2.45) is 0 Å². The van der Waals surface area contributed by atoms with Crippen molar-refractivity contribution in [3.05, 3.63) is 88.9 Å². The quantitative estimate of drug-likeness (QED) is 0.135. The van der Waals surface area contributed by atoms with E-state index in [1.54, 1.807) is 12.3 Å². The van der Waals surface area contributed by atoms with Gasteiger partial charge in [-0.3, -0.25) is 4.79 Å². The molecule has 1 saturated carbocycles. The number of piperidine rings is 1. The van der Waals surface area contributed by atoms with E-state index in [2.05, 4.69) is 69.8 Å². The number of hydrogen-bond donors (Lipinski definition) is 3. The smallest absolute Gasteiger partial charge is 0.374 e. The number of hydrogen-bond acceptors (Lipinski definition) is 11. The molecular formula is C40H46F5N11O. The lowest BCUT2D eigenvalue weighted by molar-refractivity contribution is -0.137. The summed E-state index contributed by atoms with van der Waals surface area (Å²) < 4.78 is 65.6. The first-order valence-corrected chi connectivity index (χ1v) is 19.2. The van der Waals surface area contributed by atoms with Crippen LogP contribution in [0.15, 0.2) is 60.6 Å². The molecule has 1 amide bonds. The maximum Gasteiger partial charge on any atom is 0.416 e. The molecule has 0 spiro atoms. The molecule has 0 radical (unpaired) electrons. The summed E-state index contributed by atoms with van der Waals surface area (Å²) in [5, 5.41) is 8.90. The molecule has 3 saturated heterocycles. The Morgan fingerprint density at radius 3 is 2.12 bits per heavy atom. The molecule has 1 unspecified atom stereocenters. The first-order valence-electron chi connectivity index (χ1n) is 19.2. The molecule has 8 rings (SSSR count). The number of likely N-dealkylation sites (tertiary alicyclic amines) is 1. The van der Waals surface area contributed by atoms with Gasteiger partial charge in [0, 0.05) is 79.7 Å². The van der Waals surface area contributed by atoms with E-state index in [0.717, 1.165) is 49.4 Å². The fourth-order valence-corrected chi connectivity index (χ4v) is 6.83. The zero-order valence-electron chi connectivity index (χ0n) is 32.2. The Balaban J connectivity index is 0.000000175. The number of aromatic nitrogens is 6. The van der Waals surface area contributed by atoms with E-state index in [1.165, 1.54) is 29.0 Å². The van der Waals surface area contributed by atoms with E-state index in [1.807, 2.05) is 32.9 Å². The molecule has 4 aromatic heterocycles. The van der Waals surface area contributed by atoms with Gasteiger partial charge in [0.2, 0.25) is 11.9 Å². The lowest BCUT2D eigenvalue weighted by atomic mass is 9.93. The van der Waals surface area contributed by atoms with Gasteiger partial charge in [0.15, 0.2) is 0 Å². The van der Waals surface area contributed by atoms with Crippen molar-refractivity contribution < 1.29 is 26.7 Å². The molecule has 3 aliphatic heterocycles. The highest BCUT2D eigenvalue weighted by molar-refractivity contribution is 5.77. The molecule has 0 aromatic carbocycles. The van der Waals surface area contributed by atoms with Crippen molar-refractivity contribution in [2.45, 2.75) is 89.1 Å². The Morgan fingerprint density at radius 2 is 1.51 bits per heavy atom. The number of alkyl halides is 5. The molecule has 17 heteroatoms. The Bertz CT molecular complexity index is 2110. The number of nitrogens with zero attached hydrogens (tertiary/aromatic N) is 8. The fraction of sp³-hybridized carbons (Fsp3) is 0.475. The van der Waals surface area contributed by atoms with Gasteiger partial charge in [0.05, 0.1) is 24.3 Å². The predicted octanol–water partition coefficient (Wildman–Crippen LogP) is 8.02. The fourth-order valence-electron chi connectivity index (χ4n) is 6.83. The van der Waals surface area contributed by atoms with E-state index in [4.69, 9.17) is 0 Å². The van der Waals surface area contributed by atoms with Gasteiger partial charge in [-0.25, -0.2) is 33.7 Å². The van der Waals surface area contributed by atoms with Crippen LogP contribution in [0.5, 0.6) is 0 Å². The van der Waals surface area contributed by atoms with Gasteiger partial charge in [0.1, 0.15) is 29.1 Å². The van der Waals surface area contributed by atoms with Crippen molar-refractivity contribution in [2.75, 3.05) is 48.3 Å². The van der Waals surface area contributed by atoms with Crippen LogP contribution in [0.25, 0.3) is 0 Å². The zero-order chi connectivity index (χ0) is 40.5. The monoisotopic (exact) mass is 791 g/mol. The van der Waals surface area contributed by atoms with Gasteiger partial charge in [-0.2, -0.15) is 18.2 Å². The van der Waals surface area contributed by atoms with E-state index in [9.17, 15) is 26.7 Å². The average molecular weight is 792 g/mol. The summed E-state index contributed by atoms with van der Waals surface area (Å²) in [5.74, 6) is 0.829. The van der Waals surface area contributed by atoms with E-state index in [-0.39, 0.29) is 42.6 Å². The SMILES string of the molecule is C/C=C(/C)N1CC(c2cc(Nc3cc(C4CC4)ccn3)nc(N3CC(F)(F)C3)n2)C1.CC(C)c1nc(Nc2cc(C(F)(F)F)ccn2)cc(C2CCNC(=O)C2)n1. The summed E-state index contributed by atoms with van der Waals surface area (Å²) in [5.41, 5.74) is 3.32. The summed E-state index contributed by atoms with van der Waals surface area (Å²) in [6, 6.07) is 9.56. The second-order valence-corrected chi connectivity index (χ2v) is 15.4. The minimum absolute atomic E-state index is 0.0254. The van der Waals surface area contributed by atoms with E-state index < -0.39 is 17.7 Å². The highest BCUT2D eigenvalue weighted by Gasteiger charge is 2.45. The number of anilines is 5. The lowest BCUT2D eigenvalue weighted by Crippen LogP contribution is -2.57. The molecule has 302 valence electrons. The molecule has 4 aliphatic rings. The molecule has 1 aliphatic carbocycles. The second kappa shape index (κ2) is 16.2. The van der Waals surface area contributed by atoms with Crippen LogP contribution < -0.4 is 20.9 Å². The second-order valence-electron chi connectivity index (χ2n) is 15.4. The van der Waals surface area contributed by atoms with E-state index >= 15 is 0 Å². The lowest BCUT2D eigenvalue weighted by Gasteiger charge is -2.42. The van der Waals surface area contributed by atoms with Gasteiger partial charge >= 0.3 is 6.18 Å². The Hall–Kier alpha value is -5.48. The minimum Gasteiger partial charge on any atom is -0.374 e. The van der Waals surface area contributed by atoms with Crippen LogP contribution >= 0.6 is 0 Å². The molecule has 7 heterocycles. The number of allylic oxidation sites excluding steroid dienone is 2. The van der Waals surface area contributed by atoms with E-state index in [0.29, 0.717) is 48.0 Å². The third-order valence-corrected chi connectivity index (χ3v) is 10.5. The van der Waals surface area contributed by atoms with Gasteiger partial charge in [-0.05, 0) is 68.9 Å². The van der Waals surface area contributed by atoms with Crippen molar-refractivity contribution in [1.82, 2.24) is 40.1 Å². The summed E-state index contributed by atoms with van der Waals surface area (Å²) in [7, 11) is 0. The number of carbonyl (C=O) groups excluding carboxylic acids is 1. The maximum atomic E-state index is 13.4. The van der Waals surface area contributed by atoms with Crippen LogP contribution in [0, 0.1) is 0 Å². The number of amides is 1. The van der Waals surface area contributed by atoms with Crippen LogP contribution in [-0.2, 0) is 11.0 Å². The summed E-state index contributed by atoms with van der Waals surface area (Å²) in [4.78, 5) is 42.0. The molecule has 3 N–H and O–H groups in total. The number of carbonyl (C=O) groups is 1. The Labute approximate surface area is 327 Å². The molecule has 0 bridgehead atoms. The molecule has 57 heavy (non-hydrogen) atoms. The number of rotatable bonds is 10. The standard InChI is InChI=1S/C22H26F2N6.C18H20F3N5O/c1-3-14(2)29-10-17(11-29)18-9-20(28-21(26-18)30-12-22(23,24)13-30)27-19-8-16(6-7-25-19)15-4-5-15;1-10(2)17-24-13(11-3-5-23-16(27)7-11)9-15(26-17)25-14-8-12(4-6-22-14)18(19,20)21/h3,6-9,15,17H,4-5,10-13H2,1-2H3,(H,25,26,27,28);4,6,8-11H,3,5,7H2,1-2H3,(H,23,27)(H,22,24,25,26)/b14-3-;. The highest BCUT2D eigenvalue weighted by atomic mass is 19.4. The molecular weight excluding hydrogens is 746 g/mol. The van der Waals surface area contributed by atoms with Crippen LogP contribution in [0.4, 0.5) is 51.2 Å². The normalized spacial score (nSPS) is 19.6. The minimum atomic E-state index is -4.45. The topological polar surface area (TPSA) is 137 Å². The van der Waals surface area contributed by atoms with Crippen LogP contribution in [0.2, 0.25) is 0 Å². The number of pyridine rings is 2. The van der Waals surface area contributed by atoms with Crippen LogP contribution in [0.3, 0.4) is 0 Å². The zero-order valence-corrected chi connectivity index (χ0v) is 32.2. The number of nitrogens with one attached hydrogen (secondary N) is 3. The third-order valence-electron chi connectivity index (χ3n) is 10.5. The van der Waals surface area contributed by atoms with Gasteiger partial charge in [-0.15, -0.1) is 0 Å². The summed E-state index contributed by atoms with van der Waals surface area (Å²) in [6.07, 6.45) is 4.07. The van der Waals surface area contributed by atoms with Gasteiger partial charge in [0.25, 0.3) is 5.92 Å².